The summed E-state index contributed by atoms with van der Waals surface area (Å²) in [5.41, 5.74) is -0.238. The molecule has 4 nitrogen and oxygen atoms in total. The molecule has 0 saturated heterocycles. The lowest BCUT2D eigenvalue weighted by atomic mass is 9.87. The Kier molecular flexibility index (Phi) is 5.95. The number of allylic oxidation sites excluding steroid dienone is 1. The normalized spacial score (nSPS) is 22.3. The summed E-state index contributed by atoms with van der Waals surface area (Å²) in [6.07, 6.45) is 4.14. The molecule has 5 heteroatoms. The monoisotopic (exact) mass is 302 g/mol. The van der Waals surface area contributed by atoms with Crippen LogP contribution >= 0.6 is 12.6 Å². The van der Waals surface area contributed by atoms with Crippen molar-refractivity contribution in [1.82, 2.24) is 0 Å². The van der Waals surface area contributed by atoms with Gasteiger partial charge in [-0.1, -0.05) is 6.92 Å². The van der Waals surface area contributed by atoms with Crippen molar-refractivity contribution in [3.05, 3.63) is 11.8 Å². The number of cyclic esters (lactones) is 1. The Labute approximate surface area is 127 Å². The minimum Gasteiger partial charge on any atom is -0.457 e. The van der Waals surface area contributed by atoms with E-state index >= 15 is 0 Å². The minimum absolute atomic E-state index is 0.0898. The van der Waals surface area contributed by atoms with Crippen molar-refractivity contribution in [2.45, 2.75) is 58.3 Å². The summed E-state index contributed by atoms with van der Waals surface area (Å²) in [5, 5.41) is 0. The van der Waals surface area contributed by atoms with E-state index in [1.807, 2.05) is 6.92 Å². The van der Waals surface area contributed by atoms with Crippen molar-refractivity contribution in [2.75, 3.05) is 12.9 Å². The lowest BCUT2D eigenvalue weighted by Crippen LogP contribution is -2.37. The molecule has 0 aliphatic carbocycles. The van der Waals surface area contributed by atoms with Crippen LogP contribution in [-0.4, -0.2) is 30.2 Å². The lowest BCUT2D eigenvalue weighted by Gasteiger charge is -2.36. The first-order valence-corrected chi connectivity index (χ1v) is 7.64. The molecule has 1 aliphatic heterocycles. The third kappa shape index (κ3) is 5.02. The minimum atomic E-state index is -0.899. The zero-order chi connectivity index (χ0) is 15.4. The highest BCUT2D eigenvalue weighted by Gasteiger charge is 2.35. The van der Waals surface area contributed by atoms with E-state index in [0.717, 1.165) is 25.0 Å². The predicted molar refractivity (Wildman–Crippen MR) is 81.6 cm³/mol. The molecule has 2 atom stereocenters. The van der Waals surface area contributed by atoms with Crippen LogP contribution in [-0.2, 0) is 19.0 Å². The molecule has 0 saturated carbocycles. The number of carbonyl (C=O) groups excluding carboxylic acids is 1. The zero-order valence-corrected chi connectivity index (χ0v) is 14.0. The van der Waals surface area contributed by atoms with E-state index in [-0.39, 0.29) is 17.5 Å². The number of methoxy groups -OCH3 is 1. The van der Waals surface area contributed by atoms with Gasteiger partial charge in [0.25, 0.3) is 0 Å². The van der Waals surface area contributed by atoms with E-state index in [9.17, 15) is 4.79 Å². The number of rotatable bonds is 7. The Morgan fingerprint density at radius 1 is 1.45 bits per heavy atom. The lowest BCUT2D eigenvalue weighted by molar-refractivity contribution is -0.209. The van der Waals surface area contributed by atoms with Crippen LogP contribution in [0, 0.1) is 5.92 Å². The molecular weight excluding hydrogens is 276 g/mol. The molecular formula is C15H26O4S. The smallest absolute Gasteiger partial charge is 0.337 e. The van der Waals surface area contributed by atoms with Crippen molar-refractivity contribution in [3.63, 3.8) is 0 Å². The molecule has 0 aromatic rings. The highest BCUT2D eigenvalue weighted by Crippen LogP contribution is 2.33. The molecule has 0 spiro atoms. The first kappa shape index (κ1) is 17.4. The quantitative estimate of drug-likeness (QED) is 0.579. The van der Waals surface area contributed by atoms with Gasteiger partial charge in [0.1, 0.15) is 5.76 Å². The Morgan fingerprint density at radius 2 is 2.10 bits per heavy atom. The van der Waals surface area contributed by atoms with Crippen molar-refractivity contribution < 1.29 is 19.0 Å². The molecule has 0 bridgehead atoms. The highest BCUT2D eigenvalue weighted by atomic mass is 32.1. The molecule has 0 radical (unpaired) electrons. The van der Waals surface area contributed by atoms with Crippen molar-refractivity contribution in [1.29, 1.82) is 0 Å². The van der Waals surface area contributed by atoms with Gasteiger partial charge >= 0.3 is 5.97 Å². The molecule has 0 aromatic heterocycles. The fourth-order valence-electron chi connectivity index (χ4n) is 2.45. The first-order chi connectivity index (χ1) is 9.21. The van der Waals surface area contributed by atoms with Gasteiger partial charge in [0.05, 0.1) is 11.7 Å². The van der Waals surface area contributed by atoms with Gasteiger partial charge in [0.15, 0.2) is 0 Å². The van der Waals surface area contributed by atoms with Crippen LogP contribution in [0.5, 0.6) is 0 Å². The summed E-state index contributed by atoms with van der Waals surface area (Å²) < 4.78 is 16.5. The number of ether oxygens (including phenoxy) is 3. The second-order valence-electron chi connectivity index (χ2n) is 6.06. The molecule has 0 fully saturated rings. The maximum atomic E-state index is 11.6. The van der Waals surface area contributed by atoms with Gasteiger partial charge in [0, 0.05) is 26.9 Å². The summed E-state index contributed by atoms with van der Waals surface area (Å²) in [7, 11) is 1.72. The van der Waals surface area contributed by atoms with E-state index in [1.165, 1.54) is 6.08 Å². The van der Waals surface area contributed by atoms with Crippen molar-refractivity contribution in [3.8, 4) is 0 Å². The van der Waals surface area contributed by atoms with Gasteiger partial charge in [-0.2, -0.15) is 12.6 Å². The molecule has 116 valence electrons. The second kappa shape index (κ2) is 6.85. The van der Waals surface area contributed by atoms with Crippen LogP contribution in [0.15, 0.2) is 11.8 Å². The standard InChI is InChI=1S/C15H26O4S/c1-11(10-15(4,17-5)7-6-8-20)12-9-13(16)19-14(2,3)18-12/h9,11,20H,6-8,10H2,1-5H3. The zero-order valence-electron chi connectivity index (χ0n) is 13.1. The van der Waals surface area contributed by atoms with Crippen LogP contribution < -0.4 is 0 Å². The second-order valence-corrected chi connectivity index (χ2v) is 6.50. The van der Waals surface area contributed by atoms with Gasteiger partial charge in [-0.15, -0.1) is 0 Å². The summed E-state index contributed by atoms with van der Waals surface area (Å²) in [5.74, 6) is 0.348. The number of hydrogen-bond donors (Lipinski definition) is 1. The summed E-state index contributed by atoms with van der Waals surface area (Å²) in [6.45, 7) is 7.60. The van der Waals surface area contributed by atoms with Crippen molar-refractivity contribution >= 4 is 18.6 Å². The third-order valence-electron chi connectivity index (χ3n) is 3.55. The van der Waals surface area contributed by atoms with Gasteiger partial charge in [0.2, 0.25) is 5.79 Å². The molecule has 1 heterocycles. The van der Waals surface area contributed by atoms with Crippen LogP contribution in [0.25, 0.3) is 0 Å². The van der Waals surface area contributed by atoms with Gasteiger partial charge in [-0.3, -0.25) is 0 Å². The fourth-order valence-corrected chi connectivity index (χ4v) is 2.61. The summed E-state index contributed by atoms with van der Waals surface area (Å²) in [6, 6.07) is 0. The average molecular weight is 302 g/mol. The highest BCUT2D eigenvalue weighted by molar-refractivity contribution is 7.80. The molecule has 20 heavy (non-hydrogen) atoms. The number of thiol groups is 1. The van der Waals surface area contributed by atoms with Gasteiger partial charge in [-0.05, 0) is 31.9 Å². The maximum absolute atomic E-state index is 11.6. The van der Waals surface area contributed by atoms with Crippen LogP contribution in [0.4, 0.5) is 0 Å². The maximum Gasteiger partial charge on any atom is 0.337 e. The SMILES string of the molecule is COC(C)(CCCS)CC(C)C1=CC(=O)OC(C)(C)O1. The third-order valence-corrected chi connectivity index (χ3v) is 3.87. The van der Waals surface area contributed by atoms with Gasteiger partial charge < -0.3 is 14.2 Å². The van der Waals surface area contributed by atoms with Crippen LogP contribution in [0.3, 0.4) is 0 Å². The molecule has 2 unspecified atom stereocenters. The van der Waals surface area contributed by atoms with Gasteiger partial charge in [-0.25, -0.2) is 4.79 Å². The molecule has 1 aliphatic rings. The fraction of sp³-hybridized carbons (Fsp3) is 0.800. The predicted octanol–water partition coefficient (Wildman–Crippen LogP) is 3.32. The van der Waals surface area contributed by atoms with E-state index in [4.69, 9.17) is 14.2 Å². The number of esters is 1. The van der Waals surface area contributed by atoms with Crippen LogP contribution in [0.1, 0.15) is 47.0 Å². The Bertz CT molecular complexity index is 378. The van der Waals surface area contributed by atoms with E-state index in [2.05, 4.69) is 19.6 Å². The summed E-state index contributed by atoms with van der Waals surface area (Å²) in [4.78, 5) is 11.6. The molecule has 0 aromatic carbocycles. The average Bonchev–Trinajstić information content (AvgIpc) is 2.34. The Balaban J connectivity index is 2.74. The van der Waals surface area contributed by atoms with Crippen LogP contribution in [0.2, 0.25) is 0 Å². The Hall–Kier alpha value is -0.680. The largest absolute Gasteiger partial charge is 0.457 e. The molecule has 0 amide bonds. The van der Waals surface area contributed by atoms with E-state index in [1.54, 1.807) is 21.0 Å². The van der Waals surface area contributed by atoms with E-state index in [0.29, 0.717) is 5.76 Å². The number of carbonyl (C=O) groups is 1. The topological polar surface area (TPSA) is 44.8 Å². The molecule has 0 N–H and O–H groups in total. The first-order valence-electron chi connectivity index (χ1n) is 7.01. The summed E-state index contributed by atoms with van der Waals surface area (Å²) >= 11 is 4.25. The number of hydrogen-bond acceptors (Lipinski definition) is 5. The Morgan fingerprint density at radius 3 is 2.60 bits per heavy atom. The van der Waals surface area contributed by atoms with E-state index < -0.39 is 5.79 Å². The van der Waals surface area contributed by atoms with Crippen molar-refractivity contribution in [2.24, 2.45) is 5.92 Å². The molecule has 1 rings (SSSR count).